The Bertz CT molecular complexity index is 1360. The van der Waals surface area contributed by atoms with E-state index in [-0.39, 0.29) is 0 Å². The molecule has 0 saturated carbocycles. The molecule has 3 heterocycles. The van der Waals surface area contributed by atoms with Crippen molar-refractivity contribution in [1.82, 2.24) is 9.88 Å². The molecule has 0 aliphatic carbocycles. The summed E-state index contributed by atoms with van der Waals surface area (Å²) in [6.07, 6.45) is 5.66. The Labute approximate surface area is 223 Å². The van der Waals surface area contributed by atoms with Crippen LogP contribution in [0.25, 0.3) is 21.8 Å². The Morgan fingerprint density at radius 1 is 0.892 bits per heavy atom. The summed E-state index contributed by atoms with van der Waals surface area (Å²) in [6.45, 7) is 6.79. The van der Waals surface area contributed by atoms with Crippen LogP contribution in [-0.2, 0) is 19.4 Å². The molecule has 37 heavy (non-hydrogen) atoms. The minimum atomic E-state index is 0.316. The maximum Gasteiger partial charge on any atom is 0.231 e. The first-order valence-corrected chi connectivity index (χ1v) is 14.4. The average molecular weight is 511 g/mol. The molecule has 5 heteroatoms. The highest BCUT2D eigenvalue weighted by Crippen LogP contribution is 2.42. The van der Waals surface area contributed by atoms with Gasteiger partial charge in [-0.25, -0.2) is 4.98 Å². The molecule has 4 nitrogen and oxygen atoms in total. The number of hydrogen-bond donors (Lipinski definition) is 0. The number of fused-ring (bicyclic) bond motifs is 1. The van der Waals surface area contributed by atoms with Crippen LogP contribution in [0.1, 0.15) is 60.7 Å². The molecule has 1 unspecified atom stereocenters. The van der Waals surface area contributed by atoms with Crippen molar-refractivity contribution in [1.29, 1.82) is 0 Å². The number of piperidine rings is 1. The topological polar surface area (TPSA) is 34.6 Å². The van der Waals surface area contributed by atoms with Gasteiger partial charge in [-0.1, -0.05) is 74.9 Å². The van der Waals surface area contributed by atoms with Crippen molar-refractivity contribution in [3.8, 4) is 33.3 Å². The molecule has 1 fully saturated rings. The van der Waals surface area contributed by atoms with E-state index >= 15 is 0 Å². The van der Waals surface area contributed by atoms with Gasteiger partial charge in [0.25, 0.3) is 0 Å². The van der Waals surface area contributed by atoms with Gasteiger partial charge in [-0.2, -0.15) is 0 Å². The molecule has 1 aromatic heterocycles. The lowest BCUT2D eigenvalue weighted by Gasteiger charge is -2.36. The second kappa shape index (κ2) is 10.7. The molecule has 0 N–H and O–H groups in total. The number of nitrogens with zero attached hydrogens (tertiary/aromatic N) is 2. The van der Waals surface area contributed by atoms with Crippen LogP contribution in [0.2, 0.25) is 0 Å². The smallest absolute Gasteiger partial charge is 0.231 e. The molecule has 4 aromatic rings. The minimum Gasteiger partial charge on any atom is -0.454 e. The third-order valence-corrected chi connectivity index (χ3v) is 8.76. The van der Waals surface area contributed by atoms with Crippen LogP contribution in [-0.4, -0.2) is 23.2 Å². The fraction of sp³-hybridized carbons (Fsp3) is 0.344. The SMILES string of the molecule is CCc1cccc(CC)c1-c1nc(-c2ccccc2)c(CN2CCCCC2c2ccc3c(c2)OCO3)s1. The van der Waals surface area contributed by atoms with Crippen LogP contribution in [0.15, 0.2) is 66.7 Å². The molecular formula is C32H34N2O2S. The van der Waals surface area contributed by atoms with Crippen LogP contribution in [0.3, 0.4) is 0 Å². The van der Waals surface area contributed by atoms with E-state index in [1.54, 1.807) is 0 Å². The molecule has 0 bridgehead atoms. The van der Waals surface area contributed by atoms with Gasteiger partial charge in [-0.3, -0.25) is 4.90 Å². The van der Waals surface area contributed by atoms with Gasteiger partial charge in [-0.05, 0) is 61.1 Å². The normalized spacial score (nSPS) is 17.3. The highest BCUT2D eigenvalue weighted by atomic mass is 32.1. The molecular weight excluding hydrogens is 476 g/mol. The Balaban J connectivity index is 1.40. The van der Waals surface area contributed by atoms with Gasteiger partial charge >= 0.3 is 0 Å². The molecule has 6 rings (SSSR count). The average Bonchev–Trinajstić information content (AvgIpc) is 3.60. The molecule has 190 valence electrons. The summed E-state index contributed by atoms with van der Waals surface area (Å²) in [6, 6.07) is 24.3. The summed E-state index contributed by atoms with van der Waals surface area (Å²) in [5, 5.41) is 1.15. The van der Waals surface area contributed by atoms with E-state index in [4.69, 9.17) is 14.5 Å². The molecule has 0 radical (unpaired) electrons. The monoisotopic (exact) mass is 510 g/mol. The molecule has 1 atom stereocenters. The standard InChI is InChI=1S/C32H34N2O2S/c1-3-22-13-10-14-23(4-2)30(22)32-33-31(24-11-6-5-7-12-24)29(37-32)20-34-18-9-8-15-26(34)25-16-17-27-28(19-25)36-21-35-27/h5-7,10-14,16-17,19,26H,3-4,8-9,15,18,20-21H2,1-2H3. The van der Waals surface area contributed by atoms with Crippen LogP contribution in [0.5, 0.6) is 11.5 Å². The number of hydrogen-bond acceptors (Lipinski definition) is 5. The third kappa shape index (κ3) is 4.78. The van der Waals surface area contributed by atoms with E-state index < -0.39 is 0 Å². The van der Waals surface area contributed by atoms with E-state index in [9.17, 15) is 0 Å². The van der Waals surface area contributed by atoms with E-state index in [0.717, 1.165) is 54.6 Å². The Morgan fingerprint density at radius 2 is 1.68 bits per heavy atom. The van der Waals surface area contributed by atoms with E-state index in [1.165, 1.54) is 45.5 Å². The summed E-state index contributed by atoms with van der Waals surface area (Å²) in [5.41, 5.74) is 7.75. The summed E-state index contributed by atoms with van der Waals surface area (Å²) >= 11 is 1.88. The quantitative estimate of drug-likeness (QED) is 0.252. The highest BCUT2D eigenvalue weighted by Gasteiger charge is 2.28. The van der Waals surface area contributed by atoms with Crippen molar-refractivity contribution in [3.05, 3.63) is 88.3 Å². The lowest BCUT2D eigenvalue weighted by Crippen LogP contribution is -2.32. The van der Waals surface area contributed by atoms with Crippen LogP contribution >= 0.6 is 11.3 Å². The zero-order chi connectivity index (χ0) is 25.2. The number of thiazole rings is 1. The Morgan fingerprint density at radius 3 is 2.46 bits per heavy atom. The second-order valence-electron chi connectivity index (χ2n) is 9.91. The number of aromatic nitrogens is 1. The van der Waals surface area contributed by atoms with Crippen molar-refractivity contribution < 1.29 is 9.47 Å². The van der Waals surface area contributed by atoms with Gasteiger partial charge in [0.15, 0.2) is 11.5 Å². The predicted molar refractivity (Wildman–Crippen MR) is 151 cm³/mol. The van der Waals surface area contributed by atoms with Gasteiger partial charge in [0.2, 0.25) is 6.79 Å². The lowest BCUT2D eigenvalue weighted by atomic mass is 9.94. The lowest BCUT2D eigenvalue weighted by molar-refractivity contribution is 0.141. The molecule has 2 aliphatic heterocycles. The minimum absolute atomic E-state index is 0.316. The van der Waals surface area contributed by atoms with Crippen molar-refractivity contribution in [2.45, 2.75) is 58.5 Å². The zero-order valence-electron chi connectivity index (χ0n) is 21.7. The summed E-state index contributed by atoms with van der Waals surface area (Å²) in [5.74, 6) is 1.72. The molecule has 1 saturated heterocycles. The van der Waals surface area contributed by atoms with Crippen molar-refractivity contribution in [2.24, 2.45) is 0 Å². The summed E-state index contributed by atoms with van der Waals surface area (Å²) in [4.78, 5) is 9.33. The number of likely N-dealkylation sites (tertiary alicyclic amines) is 1. The molecule has 0 spiro atoms. The first kappa shape index (κ1) is 24.2. The molecule has 2 aliphatic rings. The van der Waals surface area contributed by atoms with Gasteiger partial charge in [-0.15, -0.1) is 11.3 Å². The van der Waals surface area contributed by atoms with Gasteiger partial charge < -0.3 is 9.47 Å². The maximum atomic E-state index is 5.71. The summed E-state index contributed by atoms with van der Waals surface area (Å²) < 4.78 is 11.3. The predicted octanol–water partition coefficient (Wildman–Crippen LogP) is 8.06. The van der Waals surface area contributed by atoms with E-state index in [1.807, 2.05) is 11.3 Å². The maximum absolute atomic E-state index is 5.71. The van der Waals surface area contributed by atoms with Crippen LogP contribution in [0, 0.1) is 0 Å². The van der Waals surface area contributed by atoms with E-state index in [2.05, 4.69) is 85.5 Å². The van der Waals surface area contributed by atoms with E-state index in [0.29, 0.717) is 12.8 Å². The van der Waals surface area contributed by atoms with Gasteiger partial charge in [0, 0.05) is 28.6 Å². The van der Waals surface area contributed by atoms with Crippen molar-refractivity contribution in [2.75, 3.05) is 13.3 Å². The van der Waals surface area contributed by atoms with Gasteiger partial charge in [0.1, 0.15) is 5.01 Å². The van der Waals surface area contributed by atoms with Gasteiger partial charge in [0.05, 0.1) is 5.69 Å². The van der Waals surface area contributed by atoms with Crippen LogP contribution < -0.4 is 9.47 Å². The fourth-order valence-electron chi connectivity index (χ4n) is 5.77. The van der Waals surface area contributed by atoms with Crippen LogP contribution in [0.4, 0.5) is 0 Å². The number of benzene rings is 3. The first-order valence-electron chi connectivity index (χ1n) is 13.5. The molecule has 3 aromatic carbocycles. The van der Waals surface area contributed by atoms with Crippen molar-refractivity contribution in [3.63, 3.8) is 0 Å². The fourth-order valence-corrected chi connectivity index (χ4v) is 6.99. The Kier molecular flexibility index (Phi) is 6.99. The first-order chi connectivity index (χ1) is 18.2. The third-order valence-electron chi connectivity index (χ3n) is 7.70. The van der Waals surface area contributed by atoms with Crippen molar-refractivity contribution >= 4 is 11.3 Å². The number of aryl methyl sites for hydroxylation is 2. The summed E-state index contributed by atoms with van der Waals surface area (Å²) in [7, 11) is 0. The highest BCUT2D eigenvalue weighted by molar-refractivity contribution is 7.15. The Hall–Kier alpha value is -3.15. The zero-order valence-corrected chi connectivity index (χ0v) is 22.5. The second-order valence-corrected chi connectivity index (χ2v) is 11.0. The largest absolute Gasteiger partial charge is 0.454 e. The number of rotatable bonds is 7. The number of ether oxygens (including phenoxy) is 2. The molecule has 0 amide bonds.